The van der Waals surface area contributed by atoms with Gasteiger partial charge in [-0.05, 0) is 37.3 Å². The molecule has 1 atom stereocenters. The first-order valence-electron chi connectivity index (χ1n) is 5.60. The van der Waals surface area contributed by atoms with Crippen LogP contribution in [0, 0.1) is 6.92 Å². The lowest BCUT2D eigenvalue weighted by atomic mass is 10.2. The van der Waals surface area contributed by atoms with Crippen molar-refractivity contribution in [3.63, 3.8) is 0 Å². The van der Waals surface area contributed by atoms with Crippen LogP contribution in [0.25, 0.3) is 0 Å². The Kier molecular flexibility index (Phi) is 4.60. The molecule has 0 aliphatic rings. The summed E-state index contributed by atoms with van der Waals surface area (Å²) in [7, 11) is 0. The summed E-state index contributed by atoms with van der Waals surface area (Å²) >= 11 is 7.61. The Morgan fingerprint density at radius 3 is 2.83 bits per heavy atom. The van der Waals surface area contributed by atoms with Crippen LogP contribution in [0.2, 0.25) is 5.02 Å². The zero-order valence-corrected chi connectivity index (χ0v) is 11.6. The number of nitrogens with two attached hydrogens (primary N) is 1. The van der Waals surface area contributed by atoms with Crippen molar-refractivity contribution in [2.75, 3.05) is 6.61 Å². The number of nitrogens with one attached hydrogen (secondary N) is 1. The fourth-order valence-corrected chi connectivity index (χ4v) is 2.69. The Bertz CT molecular complexity index is 515. The number of hydrogen-bond acceptors (Lipinski definition) is 4. The van der Waals surface area contributed by atoms with Gasteiger partial charge in [-0.2, -0.15) is 0 Å². The molecule has 1 unspecified atom stereocenters. The largest absolute Gasteiger partial charge is 0.491 e. The van der Waals surface area contributed by atoms with Crippen LogP contribution < -0.4 is 16.0 Å². The first-order chi connectivity index (χ1) is 8.69. The molecule has 2 aromatic rings. The Morgan fingerprint density at radius 2 is 2.22 bits per heavy atom. The van der Waals surface area contributed by atoms with Crippen LogP contribution in [-0.2, 0) is 0 Å². The third-order valence-corrected chi connectivity index (χ3v) is 3.87. The second-order valence-corrected chi connectivity index (χ2v) is 5.69. The second-order valence-electron chi connectivity index (χ2n) is 3.94. The van der Waals surface area contributed by atoms with Gasteiger partial charge in [0, 0.05) is 14.8 Å². The molecule has 0 amide bonds. The molecule has 5 heteroatoms. The first kappa shape index (κ1) is 13.4. The van der Waals surface area contributed by atoms with Crippen LogP contribution in [0.5, 0.6) is 5.75 Å². The van der Waals surface area contributed by atoms with Crippen molar-refractivity contribution in [1.82, 2.24) is 5.43 Å². The summed E-state index contributed by atoms with van der Waals surface area (Å²) < 4.78 is 5.68. The van der Waals surface area contributed by atoms with E-state index in [9.17, 15) is 0 Å². The highest BCUT2D eigenvalue weighted by Crippen LogP contribution is 2.24. The van der Waals surface area contributed by atoms with Crippen LogP contribution in [0.15, 0.2) is 36.4 Å². The van der Waals surface area contributed by atoms with Crippen LogP contribution >= 0.6 is 22.9 Å². The molecule has 3 nitrogen and oxygen atoms in total. The Morgan fingerprint density at radius 1 is 1.39 bits per heavy atom. The number of hydrazine groups is 1. The quantitative estimate of drug-likeness (QED) is 0.653. The zero-order chi connectivity index (χ0) is 13.0. The Labute approximate surface area is 116 Å². The van der Waals surface area contributed by atoms with Crippen molar-refractivity contribution in [3.8, 4) is 5.75 Å². The van der Waals surface area contributed by atoms with Gasteiger partial charge in [-0.15, -0.1) is 11.3 Å². The number of benzene rings is 1. The molecular formula is C13H15ClN2OS. The highest BCUT2D eigenvalue weighted by atomic mass is 35.5. The van der Waals surface area contributed by atoms with Gasteiger partial charge in [0.15, 0.2) is 0 Å². The van der Waals surface area contributed by atoms with E-state index in [1.54, 1.807) is 17.4 Å². The summed E-state index contributed by atoms with van der Waals surface area (Å²) in [5, 5.41) is 0.664. The smallest absolute Gasteiger partial charge is 0.120 e. The topological polar surface area (TPSA) is 47.3 Å². The van der Waals surface area contributed by atoms with E-state index in [4.69, 9.17) is 22.2 Å². The average molecular weight is 283 g/mol. The Balaban J connectivity index is 1.99. The van der Waals surface area contributed by atoms with Crippen LogP contribution in [0.1, 0.15) is 15.8 Å². The van der Waals surface area contributed by atoms with E-state index >= 15 is 0 Å². The van der Waals surface area contributed by atoms with Crippen molar-refractivity contribution < 1.29 is 4.74 Å². The van der Waals surface area contributed by atoms with Crippen molar-refractivity contribution in [1.29, 1.82) is 0 Å². The molecule has 0 saturated heterocycles. The highest BCUT2D eigenvalue weighted by Gasteiger charge is 2.12. The number of aryl methyl sites for hydroxylation is 1. The van der Waals surface area contributed by atoms with Gasteiger partial charge in [-0.3, -0.25) is 5.84 Å². The third kappa shape index (κ3) is 3.46. The van der Waals surface area contributed by atoms with Crippen molar-refractivity contribution in [2.45, 2.75) is 13.0 Å². The SMILES string of the molecule is Cc1ccc(C(COc2cccc(Cl)c2)NN)s1. The predicted molar refractivity (Wildman–Crippen MR) is 76.1 cm³/mol. The van der Waals surface area contributed by atoms with Gasteiger partial charge in [0.2, 0.25) is 0 Å². The normalized spacial score (nSPS) is 12.4. The summed E-state index contributed by atoms with van der Waals surface area (Å²) in [6.07, 6.45) is 0. The van der Waals surface area contributed by atoms with Crippen LogP contribution in [0.4, 0.5) is 0 Å². The lowest BCUT2D eigenvalue weighted by molar-refractivity contribution is 0.269. The van der Waals surface area contributed by atoms with Gasteiger partial charge in [0.1, 0.15) is 12.4 Å². The molecule has 0 aliphatic carbocycles. The maximum absolute atomic E-state index is 5.90. The summed E-state index contributed by atoms with van der Waals surface area (Å²) in [4.78, 5) is 2.42. The minimum atomic E-state index is -0.0114. The maximum atomic E-state index is 5.90. The lowest BCUT2D eigenvalue weighted by Crippen LogP contribution is -2.31. The molecule has 18 heavy (non-hydrogen) atoms. The van der Waals surface area contributed by atoms with E-state index in [2.05, 4.69) is 24.5 Å². The van der Waals surface area contributed by atoms with Crippen LogP contribution in [-0.4, -0.2) is 6.61 Å². The summed E-state index contributed by atoms with van der Waals surface area (Å²) in [5.74, 6) is 6.31. The molecule has 0 spiro atoms. The predicted octanol–water partition coefficient (Wildman–Crippen LogP) is 3.29. The van der Waals surface area contributed by atoms with Gasteiger partial charge in [-0.25, -0.2) is 5.43 Å². The molecule has 96 valence electrons. The number of halogens is 1. The third-order valence-electron chi connectivity index (χ3n) is 2.52. The van der Waals surface area contributed by atoms with Gasteiger partial charge in [-0.1, -0.05) is 17.7 Å². The van der Waals surface area contributed by atoms with E-state index in [1.165, 1.54) is 4.88 Å². The molecule has 2 rings (SSSR count). The number of ether oxygens (including phenoxy) is 1. The van der Waals surface area contributed by atoms with E-state index < -0.39 is 0 Å². The van der Waals surface area contributed by atoms with Crippen LogP contribution in [0.3, 0.4) is 0 Å². The molecule has 1 heterocycles. The van der Waals surface area contributed by atoms with E-state index in [0.29, 0.717) is 11.6 Å². The molecule has 3 N–H and O–H groups in total. The minimum absolute atomic E-state index is 0.0114. The molecule has 0 radical (unpaired) electrons. The van der Waals surface area contributed by atoms with Crippen molar-refractivity contribution in [3.05, 3.63) is 51.2 Å². The van der Waals surface area contributed by atoms with E-state index in [-0.39, 0.29) is 6.04 Å². The monoisotopic (exact) mass is 282 g/mol. The zero-order valence-electron chi connectivity index (χ0n) is 10.0. The van der Waals surface area contributed by atoms with Gasteiger partial charge < -0.3 is 4.74 Å². The molecule has 0 aliphatic heterocycles. The second kappa shape index (κ2) is 6.20. The van der Waals surface area contributed by atoms with Gasteiger partial charge in [0.25, 0.3) is 0 Å². The van der Waals surface area contributed by atoms with Gasteiger partial charge >= 0.3 is 0 Å². The number of rotatable bonds is 5. The lowest BCUT2D eigenvalue weighted by Gasteiger charge is -2.15. The van der Waals surface area contributed by atoms with E-state index in [0.717, 1.165) is 10.6 Å². The standard InChI is InChI=1S/C13H15ClN2OS/c1-9-5-6-13(18-9)12(16-15)8-17-11-4-2-3-10(14)7-11/h2-7,12,16H,8,15H2,1H3. The van der Waals surface area contributed by atoms with Crippen molar-refractivity contribution >= 4 is 22.9 Å². The molecule has 1 aromatic carbocycles. The fraction of sp³-hybridized carbons (Fsp3) is 0.231. The van der Waals surface area contributed by atoms with Gasteiger partial charge in [0.05, 0.1) is 6.04 Å². The molecule has 0 fully saturated rings. The molecule has 0 bridgehead atoms. The summed E-state index contributed by atoms with van der Waals surface area (Å²) in [6, 6.07) is 11.5. The van der Waals surface area contributed by atoms with E-state index in [1.807, 2.05) is 18.2 Å². The number of hydrogen-bond donors (Lipinski definition) is 2. The molecule has 0 saturated carbocycles. The minimum Gasteiger partial charge on any atom is -0.491 e. The molecular weight excluding hydrogens is 268 g/mol. The first-order valence-corrected chi connectivity index (χ1v) is 6.79. The maximum Gasteiger partial charge on any atom is 0.120 e. The summed E-state index contributed by atoms with van der Waals surface area (Å²) in [5.41, 5.74) is 2.77. The van der Waals surface area contributed by atoms with Crippen molar-refractivity contribution in [2.24, 2.45) is 5.84 Å². The molecule has 1 aromatic heterocycles. The summed E-state index contributed by atoms with van der Waals surface area (Å²) in [6.45, 7) is 2.54. The average Bonchev–Trinajstić information content (AvgIpc) is 2.77. The number of thiophene rings is 1. The highest BCUT2D eigenvalue weighted by molar-refractivity contribution is 7.12. The fourth-order valence-electron chi connectivity index (χ4n) is 1.59. The Hall–Kier alpha value is -1.07.